The summed E-state index contributed by atoms with van der Waals surface area (Å²) in [5, 5.41) is 16.6. The zero-order valence-electron chi connectivity index (χ0n) is 15.5. The van der Waals surface area contributed by atoms with Crippen molar-refractivity contribution >= 4 is 29.9 Å². The van der Waals surface area contributed by atoms with Crippen LogP contribution in [0.15, 0.2) is 33.8 Å². The van der Waals surface area contributed by atoms with Crippen LogP contribution in [0.5, 0.6) is 5.75 Å². The Balaban J connectivity index is 0.00000261. The molecule has 1 aromatic heterocycles. The summed E-state index contributed by atoms with van der Waals surface area (Å²) in [6, 6.07) is 6.34. The van der Waals surface area contributed by atoms with Crippen LogP contribution in [0.3, 0.4) is 0 Å². The van der Waals surface area contributed by atoms with Crippen molar-refractivity contribution in [2.24, 2.45) is 4.99 Å². The van der Waals surface area contributed by atoms with E-state index in [0.29, 0.717) is 6.54 Å². The molecule has 0 bridgehead atoms. The second-order valence-corrected chi connectivity index (χ2v) is 6.38. The summed E-state index contributed by atoms with van der Waals surface area (Å²) in [5.41, 5.74) is 1.70. The standard InChI is InChI=1S/C18H24FN5O2.HI/c1-13-9-15(22-26-13)12-23-5-7-24(8-6-23)18(20-2)21-11-14-3-4-17(25)16(19)10-14;/h3-4,9-10,25H,5-8,11-12H2,1-2H3,(H,20,21);1H. The van der Waals surface area contributed by atoms with Gasteiger partial charge in [0.25, 0.3) is 0 Å². The molecular weight excluding hydrogens is 464 g/mol. The Morgan fingerprint density at radius 2 is 2.04 bits per heavy atom. The third kappa shape index (κ3) is 5.80. The van der Waals surface area contributed by atoms with Crippen molar-refractivity contribution in [2.45, 2.75) is 20.0 Å². The number of aromatic nitrogens is 1. The maximum absolute atomic E-state index is 13.4. The van der Waals surface area contributed by atoms with E-state index in [0.717, 1.165) is 55.7 Å². The van der Waals surface area contributed by atoms with Crippen LogP contribution in [0, 0.1) is 12.7 Å². The first-order chi connectivity index (χ1) is 12.5. The average Bonchev–Trinajstić information content (AvgIpc) is 3.04. The van der Waals surface area contributed by atoms with Crippen LogP contribution in [0.1, 0.15) is 17.0 Å². The maximum Gasteiger partial charge on any atom is 0.194 e. The second kappa shape index (κ2) is 9.88. The molecule has 1 aromatic carbocycles. The van der Waals surface area contributed by atoms with Gasteiger partial charge in [0.2, 0.25) is 0 Å². The molecule has 0 unspecified atom stereocenters. The number of phenolic OH excluding ortho intramolecular Hbond substituents is 1. The lowest BCUT2D eigenvalue weighted by Gasteiger charge is -2.36. The minimum atomic E-state index is -0.615. The van der Waals surface area contributed by atoms with Crippen LogP contribution in [-0.4, -0.2) is 59.2 Å². The topological polar surface area (TPSA) is 77.1 Å². The molecule has 3 rings (SSSR count). The van der Waals surface area contributed by atoms with Gasteiger partial charge in [-0.05, 0) is 24.6 Å². The molecule has 0 amide bonds. The number of phenols is 1. The van der Waals surface area contributed by atoms with Crippen molar-refractivity contribution in [3.63, 3.8) is 0 Å². The van der Waals surface area contributed by atoms with Crippen LogP contribution in [0.2, 0.25) is 0 Å². The molecule has 0 spiro atoms. The number of piperazine rings is 1. The third-order valence-corrected chi connectivity index (χ3v) is 4.41. The Hall–Kier alpha value is -1.88. The molecule has 0 aliphatic carbocycles. The number of aromatic hydroxyl groups is 1. The van der Waals surface area contributed by atoms with Crippen molar-refractivity contribution in [3.05, 3.63) is 47.1 Å². The van der Waals surface area contributed by atoms with Gasteiger partial charge in [0, 0.05) is 52.4 Å². The molecule has 2 heterocycles. The molecule has 7 nitrogen and oxygen atoms in total. The molecule has 27 heavy (non-hydrogen) atoms. The highest BCUT2D eigenvalue weighted by molar-refractivity contribution is 14.0. The summed E-state index contributed by atoms with van der Waals surface area (Å²) in [7, 11) is 1.74. The smallest absolute Gasteiger partial charge is 0.194 e. The number of aliphatic imine (C=N–C) groups is 1. The van der Waals surface area contributed by atoms with Crippen molar-refractivity contribution in [1.82, 2.24) is 20.3 Å². The first-order valence-electron chi connectivity index (χ1n) is 8.62. The quantitative estimate of drug-likeness (QED) is 0.390. The van der Waals surface area contributed by atoms with Gasteiger partial charge >= 0.3 is 0 Å². The van der Waals surface area contributed by atoms with Crippen molar-refractivity contribution in [1.29, 1.82) is 0 Å². The number of benzene rings is 1. The Labute approximate surface area is 175 Å². The number of nitrogens with zero attached hydrogens (tertiary/aromatic N) is 4. The van der Waals surface area contributed by atoms with Gasteiger partial charge in [-0.2, -0.15) is 0 Å². The summed E-state index contributed by atoms with van der Waals surface area (Å²) >= 11 is 0. The van der Waals surface area contributed by atoms with E-state index in [-0.39, 0.29) is 29.7 Å². The molecular formula is C18H25FIN5O2. The third-order valence-electron chi connectivity index (χ3n) is 4.41. The molecule has 2 aromatic rings. The van der Waals surface area contributed by atoms with E-state index in [2.05, 4.69) is 25.3 Å². The molecule has 1 aliphatic rings. The van der Waals surface area contributed by atoms with E-state index in [1.165, 1.54) is 12.1 Å². The van der Waals surface area contributed by atoms with E-state index < -0.39 is 5.82 Å². The fourth-order valence-electron chi connectivity index (χ4n) is 3.01. The van der Waals surface area contributed by atoms with Crippen LogP contribution in [0.4, 0.5) is 4.39 Å². The van der Waals surface area contributed by atoms with Crippen LogP contribution >= 0.6 is 24.0 Å². The van der Waals surface area contributed by atoms with Gasteiger partial charge in [-0.1, -0.05) is 11.2 Å². The molecule has 9 heteroatoms. The highest BCUT2D eigenvalue weighted by Gasteiger charge is 2.20. The van der Waals surface area contributed by atoms with E-state index in [4.69, 9.17) is 4.52 Å². The maximum atomic E-state index is 13.4. The van der Waals surface area contributed by atoms with Crippen LogP contribution < -0.4 is 5.32 Å². The molecule has 1 aliphatic heterocycles. The van der Waals surface area contributed by atoms with Gasteiger partial charge in [0.1, 0.15) is 5.76 Å². The Morgan fingerprint density at radius 1 is 1.30 bits per heavy atom. The van der Waals surface area contributed by atoms with Gasteiger partial charge in [-0.3, -0.25) is 9.89 Å². The lowest BCUT2D eigenvalue weighted by atomic mass is 10.2. The van der Waals surface area contributed by atoms with Crippen molar-refractivity contribution in [3.8, 4) is 5.75 Å². The summed E-state index contributed by atoms with van der Waals surface area (Å²) in [4.78, 5) is 8.83. The summed E-state index contributed by atoms with van der Waals surface area (Å²) in [6.07, 6.45) is 0. The Kier molecular flexibility index (Phi) is 7.84. The minimum Gasteiger partial charge on any atom is -0.505 e. The van der Waals surface area contributed by atoms with Gasteiger partial charge in [0.15, 0.2) is 17.5 Å². The number of halogens is 2. The minimum absolute atomic E-state index is 0. The lowest BCUT2D eigenvalue weighted by molar-refractivity contribution is 0.169. The summed E-state index contributed by atoms with van der Waals surface area (Å²) in [5.74, 6) is 0.664. The number of aryl methyl sites for hydroxylation is 1. The van der Waals surface area contributed by atoms with Crippen LogP contribution in [0.25, 0.3) is 0 Å². The predicted octanol–water partition coefficient (Wildman–Crippen LogP) is 2.34. The van der Waals surface area contributed by atoms with E-state index >= 15 is 0 Å². The number of rotatable bonds is 4. The fraction of sp³-hybridized carbons (Fsp3) is 0.444. The summed E-state index contributed by atoms with van der Waals surface area (Å²) < 4.78 is 18.5. The number of guanidine groups is 1. The largest absolute Gasteiger partial charge is 0.505 e. The number of hydrogen-bond acceptors (Lipinski definition) is 5. The molecule has 1 saturated heterocycles. The van der Waals surface area contributed by atoms with Gasteiger partial charge < -0.3 is 19.8 Å². The molecule has 0 atom stereocenters. The predicted molar refractivity (Wildman–Crippen MR) is 112 cm³/mol. The van der Waals surface area contributed by atoms with Crippen molar-refractivity contribution < 1.29 is 14.0 Å². The molecule has 148 valence electrons. The van der Waals surface area contributed by atoms with E-state index in [9.17, 15) is 9.50 Å². The highest BCUT2D eigenvalue weighted by atomic mass is 127. The monoisotopic (exact) mass is 489 g/mol. The van der Waals surface area contributed by atoms with E-state index in [1.807, 2.05) is 13.0 Å². The molecule has 0 radical (unpaired) electrons. The molecule has 2 N–H and O–H groups in total. The van der Waals surface area contributed by atoms with Gasteiger partial charge in [-0.15, -0.1) is 24.0 Å². The Bertz CT molecular complexity index is 775. The van der Waals surface area contributed by atoms with Crippen LogP contribution in [-0.2, 0) is 13.1 Å². The number of nitrogens with one attached hydrogen (secondary N) is 1. The fourth-order valence-corrected chi connectivity index (χ4v) is 3.01. The summed E-state index contributed by atoms with van der Waals surface area (Å²) in [6.45, 7) is 6.62. The normalized spacial score (nSPS) is 15.5. The first kappa shape index (κ1) is 21.4. The Morgan fingerprint density at radius 3 is 2.63 bits per heavy atom. The van der Waals surface area contributed by atoms with Crippen molar-refractivity contribution in [2.75, 3.05) is 33.2 Å². The number of hydrogen-bond donors (Lipinski definition) is 2. The zero-order chi connectivity index (χ0) is 18.5. The highest BCUT2D eigenvalue weighted by Crippen LogP contribution is 2.16. The first-order valence-corrected chi connectivity index (χ1v) is 8.62. The van der Waals surface area contributed by atoms with Gasteiger partial charge in [-0.25, -0.2) is 4.39 Å². The SMILES string of the molecule is CN=C(NCc1ccc(O)c(F)c1)N1CCN(Cc2cc(C)on2)CC1.I. The molecule has 1 fully saturated rings. The average molecular weight is 489 g/mol. The second-order valence-electron chi connectivity index (χ2n) is 6.38. The molecule has 0 saturated carbocycles. The zero-order valence-corrected chi connectivity index (χ0v) is 17.8. The lowest BCUT2D eigenvalue weighted by Crippen LogP contribution is -2.52. The van der Waals surface area contributed by atoms with E-state index in [1.54, 1.807) is 13.1 Å². The van der Waals surface area contributed by atoms with Gasteiger partial charge in [0.05, 0.1) is 5.69 Å².